The summed E-state index contributed by atoms with van der Waals surface area (Å²) in [6.45, 7) is 3.67. The van der Waals surface area contributed by atoms with Crippen molar-refractivity contribution in [3.8, 4) is 11.5 Å². The van der Waals surface area contributed by atoms with E-state index in [4.69, 9.17) is 21.1 Å². The van der Waals surface area contributed by atoms with Crippen LogP contribution in [0.5, 0.6) is 11.5 Å². The Morgan fingerprint density at radius 3 is 2.44 bits per heavy atom. The normalized spacial score (nSPS) is 20.5. The average Bonchev–Trinajstić information content (AvgIpc) is 3.64. The molecule has 3 atom stereocenters. The fourth-order valence-electron chi connectivity index (χ4n) is 6.20. The van der Waals surface area contributed by atoms with Crippen molar-refractivity contribution in [1.82, 2.24) is 9.62 Å². The van der Waals surface area contributed by atoms with Crippen molar-refractivity contribution in [2.45, 2.75) is 93.8 Å². The predicted octanol–water partition coefficient (Wildman–Crippen LogP) is 7.05. The van der Waals surface area contributed by atoms with Gasteiger partial charge >= 0.3 is 0 Å². The summed E-state index contributed by atoms with van der Waals surface area (Å²) < 4.78 is 73.4. The largest absolute Gasteiger partial charge is 0.495 e. The number of hydrogen-bond acceptors (Lipinski definition) is 5. The number of fused-ring (bicyclic) bond motifs is 1. The SMILES string of the molecule is CCC1CCC(C)N1C(=O)C(NS(=O)(=O)c1ccc2cc(OC3CCCC3)ccc2c1)C(F)(F)c1ccc(Cl)c(OC)c1. The Bertz CT molecular complexity index is 1600. The molecule has 1 N–H and O–H groups in total. The lowest BCUT2D eigenvalue weighted by Crippen LogP contribution is -2.58. The number of carbonyl (C=O) groups excluding carboxylic acids is 1. The third-order valence-electron chi connectivity index (χ3n) is 8.63. The van der Waals surface area contributed by atoms with Crippen molar-refractivity contribution in [2.24, 2.45) is 0 Å². The minimum atomic E-state index is -4.58. The quantitative estimate of drug-likeness (QED) is 0.258. The monoisotopic (exact) mass is 634 g/mol. The first-order valence-corrected chi connectivity index (χ1v) is 16.6. The summed E-state index contributed by atoms with van der Waals surface area (Å²) in [7, 11) is -3.29. The third kappa shape index (κ3) is 6.47. The molecule has 232 valence electrons. The molecule has 1 amide bonds. The van der Waals surface area contributed by atoms with Gasteiger partial charge in [-0.05, 0) is 99.0 Å². The molecule has 1 aliphatic heterocycles. The van der Waals surface area contributed by atoms with Crippen molar-refractivity contribution in [1.29, 1.82) is 0 Å². The highest BCUT2D eigenvalue weighted by atomic mass is 35.5. The smallest absolute Gasteiger partial charge is 0.298 e. The molecule has 2 fully saturated rings. The maximum absolute atomic E-state index is 16.4. The van der Waals surface area contributed by atoms with Gasteiger partial charge in [0, 0.05) is 17.6 Å². The molecule has 11 heteroatoms. The molecule has 3 aromatic rings. The van der Waals surface area contributed by atoms with Gasteiger partial charge in [-0.3, -0.25) is 4.79 Å². The van der Waals surface area contributed by atoms with E-state index in [9.17, 15) is 13.2 Å². The minimum absolute atomic E-state index is 0.0142. The van der Waals surface area contributed by atoms with Crippen LogP contribution >= 0.6 is 11.6 Å². The molecule has 5 rings (SSSR count). The standard InChI is InChI=1S/C32H37ClF2N2O5S/c1-4-24-13-9-20(2)37(24)31(38)30(32(34,35)23-12-16-28(33)29(19-23)41-3)36-43(39,40)27-15-11-21-17-26(14-10-22(21)18-27)42-25-7-5-6-8-25/h10-12,14-20,24-25,30,36H,4-9,13H2,1-3H3. The second-order valence-corrected chi connectivity index (χ2v) is 13.6. The molecule has 1 saturated carbocycles. The minimum Gasteiger partial charge on any atom is -0.495 e. The summed E-state index contributed by atoms with van der Waals surface area (Å²) in [6.07, 6.45) is 6.30. The van der Waals surface area contributed by atoms with Crippen LogP contribution < -0.4 is 14.2 Å². The third-order valence-corrected chi connectivity index (χ3v) is 10.4. The Hall–Kier alpha value is -2.95. The van der Waals surface area contributed by atoms with Crippen LogP contribution in [0.4, 0.5) is 8.78 Å². The van der Waals surface area contributed by atoms with Gasteiger partial charge in [-0.1, -0.05) is 36.7 Å². The van der Waals surface area contributed by atoms with Crippen molar-refractivity contribution >= 4 is 38.3 Å². The van der Waals surface area contributed by atoms with Crippen LogP contribution in [0.3, 0.4) is 0 Å². The van der Waals surface area contributed by atoms with E-state index in [0.717, 1.165) is 43.2 Å². The Morgan fingerprint density at radius 2 is 1.74 bits per heavy atom. The van der Waals surface area contributed by atoms with Crippen LogP contribution in [0.2, 0.25) is 5.02 Å². The Labute approximate surface area is 256 Å². The summed E-state index contributed by atoms with van der Waals surface area (Å²) in [6, 6.07) is 10.1. The number of hydrogen-bond donors (Lipinski definition) is 1. The molecule has 1 heterocycles. The molecule has 7 nitrogen and oxygen atoms in total. The zero-order valence-electron chi connectivity index (χ0n) is 24.5. The molecule has 3 unspecified atom stereocenters. The fourth-order valence-corrected chi connectivity index (χ4v) is 7.62. The number of sulfonamides is 1. The van der Waals surface area contributed by atoms with Crippen molar-refractivity contribution in [2.75, 3.05) is 7.11 Å². The number of alkyl halides is 2. The highest BCUT2D eigenvalue weighted by molar-refractivity contribution is 7.89. The van der Waals surface area contributed by atoms with Crippen LogP contribution in [0.1, 0.15) is 64.4 Å². The van der Waals surface area contributed by atoms with Crippen LogP contribution in [-0.2, 0) is 20.7 Å². The zero-order chi connectivity index (χ0) is 30.9. The number of nitrogens with zero attached hydrogens (tertiary/aromatic N) is 1. The topological polar surface area (TPSA) is 84.9 Å². The van der Waals surface area contributed by atoms with Crippen molar-refractivity contribution in [3.63, 3.8) is 0 Å². The van der Waals surface area contributed by atoms with E-state index in [1.54, 1.807) is 25.1 Å². The number of methoxy groups -OCH3 is 1. The summed E-state index contributed by atoms with van der Waals surface area (Å²) in [4.78, 5) is 15.1. The number of nitrogens with one attached hydrogen (secondary N) is 1. The predicted molar refractivity (Wildman–Crippen MR) is 162 cm³/mol. The van der Waals surface area contributed by atoms with E-state index in [2.05, 4.69) is 4.72 Å². The van der Waals surface area contributed by atoms with E-state index < -0.39 is 33.5 Å². The number of carbonyl (C=O) groups is 1. The molecule has 0 aromatic heterocycles. The highest BCUT2D eigenvalue weighted by Gasteiger charge is 2.52. The number of likely N-dealkylation sites (tertiary alicyclic amines) is 1. The molecular weight excluding hydrogens is 598 g/mol. The number of amides is 1. The number of benzene rings is 3. The van der Waals surface area contributed by atoms with Crippen LogP contribution in [-0.4, -0.2) is 50.6 Å². The van der Waals surface area contributed by atoms with E-state index in [1.165, 1.54) is 30.2 Å². The number of rotatable bonds is 10. The molecule has 1 aliphatic carbocycles. The molecule has 2 aliphatic rings. The second kappa shape index (κ2) is 12.6. The van der Waals surface area contributed by atoms with Gasteiger partial charge in [-0.2, -0.15) is 13.5 Å². The van der Waals surface area contributed by atoms with Gasteiger partial charge in [0.15, 0.2) is 6.04 Å². The van der Waals surface area contributed by atoms with E-state index in [0.29, 0.717) is 30.4 Å². The molecule has 43 heavy (non-hydrogen) atoms. The summed E-state index contributed by atoms with van der Waals surface area (Å²) >= 11 is 6.07. The molecule has 1 saturated heterocycles. The maximum Gasteiger partial charge on any atom is 0.298 e. The first-order chi connectivity index (χ1) is 20.4. The lowest BCUT2D eigenvalue weighted by molar-refractivity contribution is -0.147. The van der Waals surface area contributed by atoms with Crippen molar-refractivity contribution in [3.05, 3.63) is 65.2 Å². The van der Waals surface area contributed by atoms with Gasteiger partial charge in [0.2, 0.25) is 15.9 Å². The molecule has 0 radical (unpaired) electrons. The van der Waals surface area contributed by atoms with Gasteiger partial charge in [0.05, 0.1) is 23.1 Å². The van der Waals surface area contributed by atoms with E-state index in [1.807, 2.05) is 13.0 Å². The Kier molecular flexibility index (Phi) is 9.20. The number of ether oxygens (including phenoxy) is 2. The van der Waals surface area contributed by atoms with Crippen LogP contribution in [0.15, 0.2) is 59.5 Å². The Balaban J connectivity index is 1.49. The highest BCUT2D eigenvalue weighted by Crippen LogP contribution is 2.39. The lowest BCUT2D eigenvalue weighted by Gasteiger charge is -2.35. The zero-order valence-corrected chi connectivity index (χ0v) is 26.1. The van der Waals surface area contributed by atoms with E-state index in [-0.39, 0.29) is 33.9 Å². The first-order valence-electron chi connectivity index (χ1n) is 14.7. The molecule has 3 aromatic carbocycles. The van der Waals surface area contributed by atoms with Gasteiger partial charge in [0.1, 0.15) is 11.5 Å². The molecule has 0 spiro atoms. The maximum atomic E-state index is 16.4. The summed E-state index contributed by atoms with van der Waals surface area (Å²) in [5.41, 5.74) is -0.594. The summed E-state index contributed by atoms with van der Waals surface area (Å²) in [5.74, 6) is -4.23. The van der Waals surface area contributed by atoms with Gasteiger partial charge in [0.25, 0.3) is 5.92 Å². The average molecular weight is 635 g/mol. The Morgan fingerprint density at radius 1 is 1.05 bits per heavy atom. The molecular formula is C32H37ClF2N2O5S. The van der Waals surface area contributed by atoms with Gasteiger partial charge in [-0.25, -0.2) is 8.42 Å². The lowest BCUT2D eigenvalue weighted by atomic mass is 9.99. The number of halogens is 3. The van der Waals surface area contributed by atoms with E-state index >= 15 is 8.78 Å². The second-order valence-electron chi connectivity index (χ2n) is 11.5. The molecule has 0 bridgehead atoms. The van der Waals surface area contributed by atoms with Crippen LogP contribution in [0.25, 0.3) is 10.8 Å². The van der Waals surface area contributed by atoms with Crippen LogP contribution in [0, 0.1) is 0 Å². The van der Waals surface area contributed by atoms with Crippen molar-refractivity contribution < 1.29 is 31.5 Å². The summed E-state index contributed by atoms with van der Waals surface area (Å²) in [5, 5.41) is 1.45. The van der Waals surface area contributed by atoms with Gasteiger partial charge < -0.3 is 14.4 Å². The first kappa shape index (κ1) is 31.5. The fraction of sp³-hybridized carbons (Fsp3) is 0.469. The van der Waals surface area contributed by atoms with Gasteiger partial charge in [-0.15, -0.1) is 0 Å².